The number of amides is 1. The number of nitrogen functional groups attached to an aromatic ring is 1. The van der Waals surface area contributed by atoms with Crippen molar-refractivity contribution in [2.45, 2.75) is 33.2 Å². The Hall–Kier alpha value is -1.36. The van der Waals surface area contributed by atoms with Crippen LogP contribution in [0, 0.1) is 6.92 Å². The first-order chi connectivity index (χ1) is 6.36. The molecule has 0 aliphatic carbocycles. The topological polar surface area (TPSA) is 72.9 Å². The average molecular weight is 196 g/mol. The number of carbonyl (C=O) groups excluding carboxylic acids is 1. The Kier molecular flexibility index (Phi) is 2.62. The summed E-state index contributed by atoms with van der Waals surface area (Å²) in [5.41, 5.74) is 3.22. The molecule has 0 fully saturated rings. The number of hydrogen-bond donors (Lipinski definition) is 2. The molecule has 0 bridgehead atoms. The van der Waals surface area contributed by atoms with Crippen molar-refractivity contribution in [1.29, 1.82) is 0 Å². The van der Waals surface area contributed by atoms with Gasteiger partial charge in [-0.1, -0.05) is 0 Å². The molecule has 5 nitrogen and oxygen atoms in total. The molecule has 0 saturated heterocycles. The zero-order valence-corrected chi connectivity index (χ0v) is 8.96. The third kappa shape index (κ3) is 1.93. The fourth-order valence-corrected chi connectivity index (χ4v) is 1.34. The number of carbonyl (C=O) groups is 1. The molecule has 14 heavy (non-hydrogen) atoms. The summed E-state index contributed by atoms with van der Waals surface area (Å²) in [5.74, 6) is 4.66. The highest BCUT2D eigenvalue weighted by Gasteiger charge is 2.19. The van der Waals surface area contributed by atoms with E-state index in [4.69, 9.17) is 5.84 Å². The second-order valence-corrected chi connectivity index (χ2v) is 4.23. The third-order valence-electron chi connectivity index (χ3n) is 1.89. The molecule has 3 N–H and O–H groups in total. The smallest absolute Gasteiger partial charge is 0.285 e. The van der Waals surface area contributed by atoms with Crippen molar-refractivity contribution in [2.75, 3.05) is 0 Å². The van der Waals surface area contributed by atoms with E-state index in [1.807, 2.05) is 27.7 Å². The molecule has 0 aromatic carbocycles. The van der Waals surface area contributed by atoms with Gasteiger partial charge >= 0.3 is 0 Å². The molecule has 0 atom stereocenters. The van der Waals surface area contributed by atoms with Gasteiger partial charge in [-0.2, -0.15) is 5.10 Å². The molecule has 78 valence electrons. The number of hydrazine groups is 1. The van der Waals surface area contributed by atoms with Crippen molar-refractivity contribution in [3.8, 4) is 0 Å². The summed E-state index contributed by atoms with van der Waals surface area (Å²) in [5, 5.41) is 4.18. The molecule has 1 heterocycles. The molecular formula is C9H16N4O. The first kappa shape index (κ1) is 10.7. The van der Waals surface area contributed by atoms with E-state index in [1.165, 1.54) is 0 Å². The first-order valence-electron chi connectivity index (χ1n) is 4.44. The van der Waals surface area contributed by atoms with Crippen LogP contribution >= 0.6 is 0 Å². The predicted octanol–water partition coefficient (Wildman–Crippen LogP) is 0.550. The largest absolute Gasteiger partial charge is 0.289 e. The second-order valence-electron chi connectivity index (χ2n) is 4.23. The highest BCUT2D eigenvalue weighted by atomic mass is 16.2. The zero-order valence-electron chi connectivity index (χ0n) is 8.96. The third-order valence-corrected chi connectivity index (χ3v) is 1.89. The van der Waals surface area contributed by atoms with E-state index in [1.54, 1.807) is 10.7 Å². The van der Waals surface area contributed by atoms with E-state index in [-0.39, 0.29) is 11.4 Å². The van der Waals surface area contributed by atoms with E-state index in [0.29, 0.717) is 5.69 Å². The molecule has 0 saturated carbocycles. The van der Waals surface area contributed by atoms with Crippen LogP contribution in [0.5, 0.6) is 0 Å². The van der Waals surface area contributed by atoms with Crippen molar-refractivity contribution in [3.05, 3.63) is 17.5 Å². The Morgan fingerprint density at radius 3 is 2.50 bits per heavy atom. The molecule has 5 heteroatoms. The molecule has 0 unspecified atom stereocenters. The molecule has 1 aromatic rings. The minimum atomic E-state index is -0.365. The van der Waals surface area contributed by atoms with Crippen LogP contribution in [0.15, 0.2) is 6.07 Å². The number of nitrogens with two attached hydrogens (primary N) is 1. The van der Waals surface area contributed by atoms with Crippen LogP contribution < -0.4 is 11.3 Å². The van der Waals surface area contributed by atoms with Crippen molar-refractivity contribution >= 4 is 5.91 Å². The quantitative estimate of drug-likeness (QED) is 0.391. The summed E-state index contributed by atoms with van der Waals surface area (Å²) in [6, 6.07) is 1.72. The molecule has 0 radical (unpaired) electrons. The molecule has 0 spiro atoms. The van der Waals surface area contributed by atoms with Gasteiger partial charge < -0.3 is 0 Å². The maximum absolute atomic E-state index is 11.2. The van der Waals surface area contributed by atoms with E-state index >= 15 is 0 Å². The SMILES string of the molecule is Cc1cc(C(=O)NN)nn1C(C)(C)C. The summed E-state index contributed by atoms with van der Waals surface area (Å²) in [6.07, 6.45) is 0. The fourth-order valence-electron chi connectivity index (χ4n) is 1.34. The van der Waals surface area contributed by atoms with Gasteiger partial charge in [0.25, 0.3) is 5.91 Å². The zero-order chi connectivity index (χ0) is 10.9. The van der Waals surface area contributed by atoms with Crippen LogP contribution in [0.4, 0.5) is 0 Å². The van der Waals surface area contributed by atoms with Crippen molar-refractivity contribution < 1.29 is 4.79 Å². The van der Waals surface area contributed by atoms with E-state index in [2.05, 4.69) is 10.5 Å². The molecular weight excluding hydrogens is 180 g/mol. The van der Waals surface area contributed by atoms with E-state index in [9.17, 15) is 4.79 Å². The van der Waals surface area contributed by atoms with Crippen molar-refractivity contribution in [2.24, 2.45) is 5.84 Å². The lowest BCUT2D eigenvalue weighted by Crippen LogP contribution is -2.31. The van der Waals surface area contributed by atoms with Gasteiger partial charge in [0.1, 0.15) is 0 Å². The highest BCUT2D eigenvalue weighted by Crippen LogP contribution is 2.16. The van der Waals surface area contributed by atoms with Gasteiger partial charge in [0.15, 0.2) is 5.69 Å². The average Bonchev–Trinajstić information content (AvgIpc) is 2.45. The van der Waals surface area contributed by atoms with Gasteiger partial charge in [0.2, 0.25) is 0 Å². The van der Waals surface area contributed by atoms with Crippen LogP contribution in [0.3, 0.4) is 0 Å². The van der Waals surface area contributed by atoms with Crippen LogP contribution in [0.1, 0.15) is 37.0 Å². The highest BCUT2D eigenvalue weighted by molar-refractivity contribution is 5.91. The van der Waals surface area contributed by atoms with Crippen LogP contribution in [0.25, 0.3) is 0 Å². The second kappa shape index (κ2) is 3.42. The van der Waals surface area contributed by atoms with Crippen LogP contribution in [0.2, 0.25) is 0 Å². The monoisotopic (exact) mass is 196 g/mol. The molecule has 0 aliphatic rings. The molecule has 0 aliphatic heterocycles. The number of aromatic nitrogens is 2. The predicted molar refractivity (Wildman–Crippen MR) is 53.6 cm³/mol. The standard InChI is InChI=1S/C9H16N4O/c1-6-5-7(8(14)11-10)12-13(6)9(2,3)4/h5H,10H2,1-4H3,(H,11,14). The molecule has 1 aromatic heterocycles. The van der Waals surface area contributed by atoms with Gasteiger partial charge in [-0.15, -0.1) is 0 Å². The number of hydrogen-bond acceptors (Lipinski definition) is 3. The minimum Gasteiger partial charge on any atom is -0.289 e. The van der Waals surface area contributed by atoms with Gasteiger partial charge in [0, 0.05) is 5.69 Å². The maximum atomic E-state index is 11.2. The van der Waals surface area contributed by atoms with Crippen molar-refractivity contribution in [1.82, 2.24) is 15.2 Å². The molecule has 1 rings (SSSR count). The van der Waals surface area contributed by atoms with Crippen molar-refractivity contribution in [3.63, 3.8) is 0 Å². The van der Waals surface area contributed by atoms with Gasteiger partial charge in [-0.25, -0.2) is 5.84 Å². The number of aryl methyl sites for hydroxylation is 1. The lowest BCUT2D eigenvalue weighted by molar-refractivity contribution is 0.0947. The number of rotatable bonds is 1. The van der Waals surface area contributed by atoms with Gasteiger partial charge in [-0.05, 0) is 33.8 Å². The Balaban J connectivity index is 3.12. The molecule has 1 amide bonds. The van der Waals surface area contributed by atoms with Crippen LogP contribution in [-0.4, -0.2) is 15.7 Å². The Morgan fingerprint density at radius 1 is 1.57 bits per heavy atom. The summed E-state index contributed by atoms with van der Waals surface area (Å²) >= 11 is 0. The van der Waals surface area contributed by atoms with Crippen LogP contribution in [-0.2, 0) is 5.54 Å². The number of nitrogens with zero attached hydrogens (tertiary/aromatic N) is 2. The summed E-state index contributed by atoms with van der Waals surface area (Å²) in [4.78, 5) is 11.2. The lowest BCUT2D eigenvalue weighted by atomic mass is 10.1. The summed E-state index contributed by atoms with van der Waals surface area (Å²) in [6.45, 7) is 7.98. The minimum absolute atomic E-state index is 0.128. The number of nitrogens with one attached hydrogen (secondary N) is 1. The van der Waals surface area contributed by atoms with E-state index in [0.717, 1.165) is 5.69 Å². The van der Waals surface area contributed by atoms with Gasteiger partial charge in [0.05, 0.1) is 5.54 Å². The fraction of sp³-hybridized carbons (Fsp3) is 0.556. The summed E-state index contributed by atoms with van der Waals surface area (Å²) < 4.78 is 1.80. The normalized spacial score (nSPS) is 11.5. The Bertz CT molecular complexity index is 348. The summed E-state index contributed by atoms with van der Waals surface area (Å²) in [7, 11) is 0. The van der Waals surface area contributed by atoms with Gasteiger partial charge in [-0.3, -0.25) is 14.9 Å². The first-order valence-corrected chi connectivity index (χ1v) is 4.44. The Labute approximate surface area is 83.2 Å². The lowest BCUT2D eigenvalue weighted by Gasteiger charge is -2.21. The Morgan fingerprint density at radius 2 is 2.14 bits per heavy atom. The van der Waals surface area contributed by atoms with E-state index < -0.39 is 0 Å². The maximum Gasteiger partial charge on any atom is 0.285 e.